The first kappa shape index (κ1) is 11.7. The average molecular weight is 212 g/mol. The van der Waals surface area contributed by atoms with Crippen LogP contribution in [0.3, 0.4) is 0 Å². The Labute approximate surface area is 88.3 Å². The molecule has 0 aromatic heterocycles. The molecule has 0 radical (unpaired) electrons. The fourth-order valence-electron chi connectivity index (χ4n) is 1.51. The lowest BCUT2D eigenvalue weighted by Crippen LogP contribution is -2.35. The summed E-state index contributed by atoms with van der Waals surface area (Å²) in [5.41, 5.74) is 6.96. The molecule has 1 heterocycles. The number of aliphatic carboxylic acids is 1. The standard InChI is InChI=1S/C10H16N2O3/c1-6-2-7(5-13)3-8(12-6)4-9(11)10(14)15/h2-3,6,9,12-13H,4-5,11H2,1H3,(H,14,15)/t6?,9-/m0/s1. The topological polar surface area (TPSA) is 95.6 Å². The van der Waals surface area contributed by atoms with E-state index in [4.69, 9.17) is 15.9 Å². The van der Waals surface area contributed by atoms with Gasteiger partial charge in [-0.15, -0.1) is 0 Å². The molecule has 0 spiro atoms. The van der Waals surface area contributed by atoms with Gasteiger partial charge in [-0.1, -0.05) is 6.08 Å². The Morgan fingerprint density at radius 2 is 2.40 bits per heavy atom. The Balaban J connectivity index is 2.66. The van der Waals surface area contributed by atoms with Crippen molar-refractivity contribution in [1.82, 2.24) is 5.32 Å². The Morgan fingerprint density at radius 1 is 1.73 bits per heavy atom. The number of hydrogen-bond donors (Lipinski definition) is 4. The molecule has 0 aliphatic carbocycles. The minimum absolute atomic E-state index is 0.0438. The molecule has 1 unspecified atom stereocenters. The van der Waals surface area contributed by atoms with Crippen LogP contribution in [0, 0.1) is 0 Å². The quantitative estimate of drug-likeness (QED) is 0.508. The number of nitrogens with one attached hydrogen (secondary N) is 1. The summed E-state index contributed by atoms with van der Waals surface area (Å²) in [6, 6.07) is -0.817. The van der Waals surface area contributed by atoms with Crippen LogP contribution in [0.5, 0.6) is 0 Å². The maximum Gasteiger partial charge on any atom is 0.320 e. The van der Waals surface area contributed by atoms with E-state index in [-0.39, 0.29) is 19.1 Å². The highest BCUT2D eigenvalue weighted by molar-refractivity contribution is 5.73. The fraction of sp³-hybridized carbons (Fsp3) is 0.500. The van der Waals surface area contributed by atoms with Gasteiger partial charge < -0.3 is 21.3 Å². The molecule has 5 nitrogen and oxygen atoms in total. The van der Waals surface area contributed by atoms with Gasteiger partial charge in [-0.05, 0) is 18.6 Å². The second-order valence-electron chi connectivity index (χ2n) is 3.65. The Kier molecular flexibility index (Phi) is 3.88. The summed E-state index contributed by atoms with van der Waals surface area (Å²) in [5, 5.41) is 20.7. The van der Waals surface area contributed by atoms with E-state index < -0.39 is 12.0 Å². The third-order valence-electron chi connectivity index (χ3n) is 2.18. The second-order valence-corrected chi connectivity index (χ2v) is 3.65. The van der Waals surface area contributed by atoms with Gasteiger partial charge >= 0.3 is 5.97 Å². The van der Waals surface area contributed by atoms with Gasteiger partial charge in [-0.25, -0.2) is 0 Å². The van der Waals surface area contributed by atoms with Gasteiger partial charge in [0.25, 0.3) is 0 Å². The van der Waals surface area contributed by atoms with Crippen molar-refractivity contribution in [2.45, 2.75) is 25.4 Å². The number of nitrogens with two attached hydrogens (primary N) is 1. The molecular weight excluding hydrogens is 196 g/mol. The zero-order valence-corrected chi connectivity index (χ0v) is 8.60. The molecule has 0 fully saturated rings. The highest BCUT2D eigenvalue weighted by Gasteiger charge is 2.17. The molecule has 0 saturated heterocycles. The number of carboxylic acids is 1. The molecule has 1 aliphatic heterocycles. The van der Waals surface area contributed by atoms with E-state index in [1.54, 1.807) is 6.08 Å². The molecule has 2 atom stereocenters. The van der Waals surface area contributed by atoms with Crippen molar-refractivity contribution in [1.29, 1.82) is 0 Å². The monoisotopic (exact) mass is 212 g/mol. The molecule has 0 aromatic rings. The molecule has 0 bridgehead atoms. The highest BCUT2D eigenvalue weighted by atomic mass is 16.4. The normalized spacial score (nSPS) is 22.5. The first-order chi connectivity index (χ1) is 7.02. The van der Waals surface area contributed by atoms with E-state index in [0.29, 0.717) is 0 Å². The van der Waals surface area contributed by atoms with Crippen LogP contribution in [-0.4, -0.2) is 34.9 Å². The summed E-state index contributed by atoms with van der Waals surface area (Å²) in [6.45, 7) is 1.88. The van der Waals surface area contributed by atoms with Crippen LogP contribution in [0.15, 0.2) is 23.4 Å². The lowest BCUT2D eigenvalue weighted by Gasteiger charge is -2.22. The van der Waals surface area contributed by atoms with E-state index in [2.05, 4.69) is 5.32 Å². The van der Waals surface area contributed by atoms with Gasteiger partial charge in [0.15, 0.2) is 0 Å². The Hall–Kier alpha value is -1.33. The van der Waals surface area contributed by atoms with E-state index in [0.717, 1.165) is 11.3 Å². The fourth-order valence-corrected chi connectivity index (χ4v) is 1.51. The Bertz CT molecular complexity index is 310. The smallest absolute Gasteiger partial charge is 0.320 e. The van der Waals surface area contributed by atoms with E-state index in [1.165, 1.54) is 0 Å². The third-order valence-corrected chi connectivity index (χ3v) is 2.18. The van der Waals surface area contributed by atoms with Crippen LogP contribution in [0.2, 0.25) is 0 Å². The summed E-state index contributed by atoms with van der Waals surface area (Å²) in [7, 11) is 0. The van der Waals surface area contributed by atoms with Crippen molar-refractivity contribution in [2.75, 3.05) is 6.61 Å². The van der Waals surface area contributed by atoms with Crippen molar-refractivity contribution >= 4 is 5.97 Å². The highest BCUT2D eigenvalue weighted by Crippen LogP contribution is 2.13. The number of aliphatic hydroxyl groups excluding tert-OH is 1. The number of hydrogen-bond acceptors (Lipinski definition) is 4. The van der Waals surface area contributed by atoms with E-state index >= 15 is 0 Å². The van der Waals surface area contributed by atoms with Crippen LogP contribution in [0.1, 0.15) is 13.3 Å². The largest absolute Gasteiger partial charge is 0.480 e. The maximum absolute atomic E-state index is 10.6. The predicted octanol–water partition coefficient (Wildman–Crippen LogP) is -0.417. The zero-order valence-electron chi connectivity index (χ0n) is 8.60. The van der Waals surface area contributed by atoms with Crippen molar-refractivity contribution in [3.63, 3.8) is 0 Å². The van der Waals surface area contributed by atoms with Crippen LogP contribution in [-0.2, 0) is 4.79 Å². The van der Waals surface area contributed by atoms with Crippen LogP contribution >= 0.6 is 0 Å². The Morgan fingerprint density at radius 3 is 2.93 bits per heavy atom. The predicted molar refractivity (Wildman–Crippen MR) is 56.1 cm³/mol. The van der Waals surface area contributed by atoms with Crippen molar-refractivity contribution in [3.05, 3.63) is 23.4 Å². The summed E-state index contributed by atoms with van der Waals surface area (Å²) >= 11 is 0. The average Bonchev–Trinajstić information content (AvgIpc) is 2.16. The molecule has 15 heavy (non-hydrogen) atoms. The number of carbonyl (C=O) groups is 1. The maximum atomic E-state index is 10.6. The molecule has 0 amide bonds. The minimum Gasteiger partial charge on any atom is -0.480 e. The summed E-state index contributed by atoms with van der Waals surface area (Å²) < 4.78 is 0. The second kappa shape index (κ2) is 4.95. The van der Waals surface area contributed by atoms with Gasteiger partial charge in [0.05, 0.1) is 6.61 Å². The summed E-state index contributed by atoms with van der Waals surface area (Å²) in [4.78, 5) is 10.6. The summed E-state index contributed by atoms with van der Waals surface area (Å²) in [6.07, 6.45) is 3.87. The van der Waals surface area contributed by atoms with Gasteiger partial charge in [0.2, 0.25) is 0 Å². The molecule has 1 aliphatic rings. The molecule has 5 heteroatoms. The van der Waals surface area contributed by atoms with Crippen LogP contribution < -0.4 is 11.1 Å². The van der Waals surface area contributed by atoms with Gasteiger partial charge in [0.1, 0.15) is 6.04 Å². The van der Waals surface area contributed by atoms with Gasteiger partial charge in [-0.2, -0.15) is 0 Å². The minimum atomic E-state index is -1.02. The SMILES string of the molecule is CC1C=C(CO)C=C(C[C@H](N)C(=O)O)N1. The van der Waals surface area contributed by atoms with Crippen molar-refractivity contribution in [2.24, 2.45) is 5.73 Å². The first-order valence-corrected chi connectivity index (χ1v) is 4.80. The lowest BCUT2D eigenvalue weighted by atomic mass is 10.0. The van der Waals surface area contributed by atoms with Gasteiger partial charge in [-0.3, -0.25) is 4.79 Å². The molecule has 5 N–H and O–H groups in total. The molecule has 0 aromatic carbocycles. The number of carboxylic acid groups (broad SMARTS) is 1. The zero-order chi connectivity index (χ0) is 11.4. The lowest BCUT2D eigenvalue weighted by molar-refractivity contribution is -0.138. The van der Waals surface area contributed by atoms with Crippen molar-refractivity contribution < 1.29 is 15.0 Å². The van der Waals surface area contributed by atoms with E-state index in [1.807, 2.05) is 13.0 Å². The molecule has 84 valence electrons. The van der Waals surface area contributed by atoms with E-state index in [9.17, 15) is 4.79 Å². The first-order valence-electron chi connectivity index (χ1n) is 4.80. The third kappa shape index (κ3) is 3.38. The van der Waals surface area contributed by atoms with Crippen molar-refractivity contribution in [3.8, 4) is 0 Å². The molecule has 0 saturated carbocycles. The summed E-state index contributed by atoms with van der Waals surface area (Å²) in [5.74, 6) is -1.02. The number of aliphatic hydroxyl groups is 1. The molecule has 1 rings (SSSR count). The van der Waals surface area contributed by atoms with Crippen LogP contribution in [0.4, 0.5) is 0 Å². The molecular formula is C10H16N2O3. The van der Waals surface area contributed by atoms with Crippen LogP contribution in [0.25, 0.3) is 0 Å². The van der Waals surface area contributed by atoms with Gasteiger partial charge in [0, 0.05) is 18.2 Å². The number of dihydropyridines is 1. The number of rotatable bonds is 4.